The molecule has 4 N–H and O–H groups in total. The van der Waals surface area contributed by atoms with Crippen LogP contribution < -0.4 is 15.4 Å². The van der Waals surface area contributed by atoms with Crippen molar-refractivity contribution >= 4 is 22.9 Å². The fraction of sp³-hybridized carbons (Fsp3) is 0.217. The highest BCUT2D eigenvalue weighted by Crippen LogP contribution is 2.77. The second kappa shape index (κ2) is 7.75. The number of amides is 2. The predicted octanol–water partition coefficient (Wildman–Crippen LogP) is 4.83. The summed E-state index contributed by atoms with van der Waals surface area (Å²) in [5.41, 5.74) is -1.91. The maximum Gasteiger partial charge on any atom is 0.419 e. The van der Waals surface area contributed by atoms with Crippen LogP contribution in [0.2, 0.25) is 0 Å². The molecule has 2 fully saturated rings. The van der Waals surface area contributed by atoms with Gasteiger partial charge in [0.15, 0.2) is 5.65 Å². The van der Waals surface area contributed by atoms with Crippen molar-refractivity contribution in [2.75, 3.05) is 5.32 Å². The first-order chi connectivity index (χ1) is 17.6. The molecular formula is C23H15F5N6O3. The van der Waals surface area contributed by atoms with Crippen LogP contribution in [0.15, 0.2) is 43.0 Å². The lowest BCUT2D eigenvalue weighted by Crippen LogP contribution is -2.36. The standard InChI is InChI=1S/C23H15F5N6O3/c24-13-5-14(25)15(4-11(13)23(26,27)28)33-21(36)34-22-6-12(22)17(22)10-3-9(1-2-16(10)35)37-20-18-19(30-7-29-18)31-8-32-20/h1-5,7-8,12,17,35H,6H2,(H2,33,34,36)(H,29,30,31,32)/t12-,17+,22-/m0/s1. The first-order valence-electron chi connectivity index (χ1n) is 10.9. The first-order valence-corrected chi connectivity index (χ1v) is 10.9. The number of rotatable bonds is 5. The highest BCUT2D eigenvalue weighted by atomic mass is 19.4. The number of urea groups is 1. The Balaban J connectivity index is 1.18. The van der Waals surface area contributed by atoms with Crippen molar-refractivity contribution in [3.05, 3.63) is 65.7 Å². The van der Waals surface area contributed by atoms with Gasteiger partial charge in [-0.05, 0) is 36.6 Å². The summed E-state index contributed by atoms with van der Waals surface area (Å²) in [5, 5.41) is 15.1. The van der Waals surface area contributed by atoms with Crippen LogP contribution in [0, 0.1) is 17.6 Å². The molecule has 2 aliphatic rings. The lowest BCUT2D eigenvalue weighted by molar-refractivity contribution is -0.140. The van der Waals surface area contributed by atoms with Crippen molar-refractivity contribution in [2.45, 2.75) is 24.1 Å². The lowest BCUT2D eigenvalue weighted by atomic mass is 9.99. The number of phenolic OH excluding ortho intramolecular Hbond substituents is 1. The molecule has 37 heavy (non-hydrogen) atoms. The van der Waals surface area contributed by atoms with Crippen molar-refractivity contribution in [3.63, 3.8) is 0 Å². The van der Waals surface area contributed by atoms with Crippen LogP contribution in [0.5, 0.6) is 17.4 Å². The average molecular weight is 518 g/mol. The Kier molecular flexibility index (Phi) is 4.81. The number of benzene rings is 2. The Morgan fingerprint density at radius 2 is 1.95 bits per heavy atom. The van der Waals surface area contributed by atoms with Crippen LogP contribution in [-0.2, 0) is 6.18 Å². The Hall–Kier alpha value is -4.49. The number of aromatic nitrogens is 4. The number of halogens is 5. The zero-order valence-electron chi connectivity index (χ0n) is 18.4. The first kappa shape index (κ1) is 22.9. The Morgan fingerprint density at radius 1 is 1.14 bits per heavy atom. The monoisotopic (exact) mass is 518 g/mol. The summed E-state index contributed by atoms with van der Waals surface area (Å²) < 4.78 is 72.2. The zero-order valence-corrected chi connectivity index (χ0v) is 18.4. The van der Waals surface area contributed by atoms with Gasteiger partial charge in [-0.25, -0.2) is 23.5 Å². The Bertz CT molecular complexity index is 1570. The molecule has 0 saturated heterocycles. The number of hydrogen-bond acceptors (Lipinski definition) is 6. The summed E-state index contributed by atoms with van der Waals surface area (Å²) in [6.45, 7) is 0. The number of fused-ring (bicyclic) bond motifs is 2. The normalized spacial score (nSPS) is 21.9. The van der Waals surface area contributed by atoms with Gasteiger partial charge in [0, 0.05) is 17.5 Å². The van der Waals surface area contributed by atoms with Crippen molar-refractivity contribution in [1.82, 2.24) is 25.3 Å². The SMILES string of the molecule is O=C(Nc1cc(C(F)(F)F)c(F)cc1F)N[C@@]12C[C@H]1[C@H]2c1cc(Oc2ncnc3nc[nH]c23)ccc1O. The number of alkyl halides is 3. The van der Waals surface area contributed by atoms with Crippen LogP contribution in [-0.4, -0.2) is 36.6 Å². The number of H-pyrrole nitrogens is 1. The van der Waals surface area contributed by atoms with E-state index in [1.54, 1.807) is 6.07 Å². The largest absolute Gasteiger partial charge is 0.508 e. The van der Waals surface area contributed by atoms with E-state index in [2.05, 4.69) is 25.3 Å². The van der Waals surface area contributed by atoms with E-state index in [-0.39, 0.29) is 35.6 Å². The van der Waals surface area contributed by atoms with Crippen LogP contribution >= 0.6 is 0 Å². The van der Waals surface area contributed by atoms with Crippen LogP contribution in [0.3, 0.4) is 0 Å². The number of anilines is 1. The Morgan fingerprint density at radius 3 is 2.70 bits per heavy atom. The minimum atomic E-state index is -5.06. The molecule has 0 unspecified atom stereocenters. The molecule has 0 bridgehead atoms. The number of carbonyl (C=O) groups is 1. The lowest BCUT2D eigenvalue weighted by Gasteiger charge is -2.17. The third-order valence-corrected chi connectivity index (χ3v) is 6.60. The van der Waals surface area contributed by atoms with Crippen LogP contribution in [0.4, 0.5) is 32.4 Å². The minimum Gasteiger partial charge on any atom is -0.508 e. The molecule has 3 atom stereocenters. The number of phenols is 1. The third kappa shape index (κ3) is 3.84. The second-order valence-electron chi connectivity index (χ2n) is 8.82. The summed E-state index contributed by atoms with van der Waals surface area (Å²) in [6, 6.07) is 3.85. The molecule has 6 rings (SSSR count). The van der Waals surface area contributed by atoms with Gasteiger partial charge in [-0.2, -0.15) is 18.2 Å². The second-order valence-corrected chi connectivity index (χ2v) is 8.82. The molecule has 0 aliphatic heterocycles. The molecular weight excluding hydrogens is 503 g/mol. The van der Waals surface area contributed by atoms with Gasteiger partial charge < -0.3 is 25.5 Å². The van der Waals surface area contributed by atoms with Crippen LogP contribution in [0.25, 0.3) is 11.2 Å². The summed E-state index contributed by atoms with van der Waals surface area (Å²) in [7, 11) is 0. The molecule has 190 valence electrons. The quantitative estimate of drug-likeness (QED) is 0.281. The van der Waals surface area contributed by atoms with Gasteiger partial charge in [-0.15, -0.1) is 0 Å². The van der Waals surface area contributed by atoms with Gasteiger partial charge in [-0.1, -0.05) is 0 Å². The Labute approximate surface area is 203 Å². The third-order valence-electron chi connectivity index (χ3n) is 6.60. The summed E-state index contributed by atoms with van der Waals surface area (Å²) in [6.07, 6.45) is -1.79. The van der Waals surface area contributed by atoms with Crippen molar-refractivity contribution in [2.24, 2.45) is 5.92 Å². The molecule has 0 spiro atoms. The molecule has 2 aromatic heterocycles. The van der Waals surface area contributed by atoms with E-state index in [1.165, 1.54) is 24.8 Å². The molecule has 0 radical (unpaired) electrons. The van der Waals surface area contributed by atoms with E-state index in [9.17, 15) is 31.9 Å². The molecule has 2 aromatic carbocycles. The fourth-order valence-corrected chi connectivity index (χ4v) is 4.63. The maximum atomic E-state index is 14.0. The van der Waals surface area contributed by atoms with Gasteiger partial charge in [0.25, 0.3) is 0 Å². The van der Waals surface area contributed by atoms with E-state index in [0.717, 1.165) is 0 Å². The number of imidazole rings is 1. The smallest absolute Gasteiger partial charge is 0.419 e. The molecule has 4 aromatic rings. The average Bonchev–Trinajstić information content (AvgIpc) is 3.58. The van der Waals surface area contributed by atoms with E-state index in [4.69, 9.17) is 4.74 Å². The summed E-state index contributed by atoms with van der Waals surface area (Å²) in [4.78, 5) is 27.5. The van der Waals surface area contributed by atoms with E-state index < -0.39 is 40.6 Å². The van der Waals surface area contributed by atoms with E-state index >= 15 is 0 Å². The fourth-order valence-electron chi connectivity index (χ4n) is 4.63. The van der Waals surface area contributed by atoms with Gasteiger partial charge >= 0.3 is 12.2 Å². The minimum absolute atomic E-state index is 0.0402. The molecule has 2 amide bonds. The number of nitrogens with one attached hydrogen (secondary N) is 3. The van der Waals surface area contributed by atoms with Gasteiger partial charge in [-0.3, -0.25) is 0 Å². The van der Waals surface area contributed by atoms with Crippen molar-refractivity contribution in [3.8, 4) is 17.4 Å². The number of aromatic amines is 1. The number of hydrogen-bond donors (Lipinski definition) is 4. The zero-order chi connectivity index (χ0) is 26.1. The van der Waals surface area contributed by atoms with Gasteiger partial charge in [0.05, 0.1) is 23.1 Å². The molecule has 14 heteroatoms. The number of ether oxygens (including phenoxy) is 1. The predicted molar refractivity (Wildman–Crippen MR) is 117 cm³/mol. The van der Waals surface area contributed by atoms with Gasteiger partial charge in [0.2, 0.25) is 5.88 Å². The van der Waals surface area contributed by atoms with Crippen molar-refractivity contribution in [1.29, 1.82) is 0 Å². The van der Waals surface area contributed by atoms with E-state index in [1.807, 2.05) is 5.32 Å². The summed E-state index contributed by atoms with van der Waals surface area (Å²) in [5.74, 6) is -2.96. The highest BCUT2D eigenvalue weighted by Gasteiger charge is 2.80. The van der Waals surface area contributed by atoms with E-state index in [0.29, 0.717) is 28.9 Å². The molecule has 9 nitrogen and oxygen atoms in total. The van der Waals surface area contributed by atoms with Gasteiger partial charge in [0.1, 0.15) is 35.0 Å². The number of aromatic hydroxyl groups is 1. The highest BCUT2D eigenvalue weighted by molar-refractivity contribution is 5.91. The number of nitrogens with zero attached hydrogens (tertiary/aromatic N) is 3. The molecule has 2 aliphatic carbocycles. The van der Waals surface area contributed by atoms with Crippen LogP contribution in [0.1, 0.15) is 23.5 Å². The van der Waals surface area contributed by atoms with Crippen molar-refractivity contribution < 1.29 is 36.6 Å². The molecule has 2 heterocycles. The molecule has 2 saturated carbocycles. The number of carbonyl (C=O) groups excluding carboxylic acids is 1. The summed E-state index contributed by atoms with van der Waals surface area (Å²) >= 11 is 0. The topological polar surface area (TPSA) is 125 Å². The maximum absolute atomic E-state index is 14.0.